The first-order valence-corrected chi connectivity index (χ1v) is 6.15. The van der Waals surface area contributed by atoms with Gasteiger partial charge in [0.05, 0.1) is 12.7 Å². The minimum atomic E-state index is -0.752. The summed E-state index contributed by atoms with van der Waals surface area (Å²) in [4.78, 5) is 20.4. The lowest BCUT2D eigenvalue weighted by atomic mass is 10.2. The van der Waals surface area contributed by atoms with Crippen molar-refractivity contribution in [3.05, 3.63) is 21.5 Å². The van der Waals surface area contributed by atoms with Crippen LogP contribution in [0.2, 0.25) is 0 Å². The molecule has 19 heavy (non-hydrogen) atoms. The molecule has 1 fully saturated rings. The minimum absolute atomic E-state index is 0.235. The molecule has 0 aliphatic carbocycles. The van der Waals surface area contributed by atoms with Crippen molar-refractivity contribution in [2.24, 2.45) is 0 Å². The van der Waals surface area contributed by atoms with Gasteiger partial charge in [-0.25, -0.2) is 9.78 Å². The van der Waals surface area contributed by atoms with Gasteiger partial charge in [-0.1, -0.05) is 0 Å². The Labute approximate surface area is 111 Å². The molecule has 8 nitrogen and oxygen atoms in total. The number of rotatable bonds is 2. The van der Waals surface area contributed by atoms with Crippen molar-refractivity contribution >= 4 is 23.4 Å². The number of aromatic amines is 2. The van der Waals surface area contributed by atoms with E-state index in [2.05, 4.69) is 15.0 Å². The van der Waals surface area contributed by atoms with Crippen LogP contribution in [0.3, 0.4) is 0 Å². The molecule has 1 saturated heterocycles. The SMILES string of the molecule is O=c1[nH]c2cn(C3C[C@H](O)[C@@H](CO)O3)c(=S)nc2[nH]1. The summed E-state index contributed by atoms with van der Waals surface area (Å²) in [6, 6.07) is 0. The zero-order chi connectivity index (χ0) is 13.6. The van der Waals surface area contributed by atoms with Crippen molar-refractivity contribution in [1.29, 1.82) is 0 Å². The predicted molar refractivity (Wildman–Crippen MR) is 67.2 cm³/mol. The molecule has 0 radical (unpaired) electrons. The fourth-order valence-electron chi connectivity index (χ4n) is 2.17. The number of nitrogens with zero attached hydrogens (tertiary/aromatic N) is 2. The van der Waals surface area contributed by atoms with Crippen molar-refractivity contribution in [3.63, 3.8) is 0 Å². The first-order chi connectivity index (χ1) is 9.08. The van der Waals surface area contributed by atoms with Gasteiger partial charge in [0.15, 0.2) is 5.65 Å². The summed E-state index contributed by atoms with van der Waals surface area (Å²) < 4.78 is 7.29. The second-order valence-electron chi connectivity index (χ2n) is 4.39. The summed E-state index contributed by atoms with van der Waals surface area (Å²) in [6.45, 7) is -0.262. The normalized spacial score (nSPS) is 27.2. The van der Waals surface area contributed by atoms with Gasteiger partial charge in [0.2, 0.25) is 4.77 Å². The van der Waals surface area contributed by atoms with Gasteiger partial charge in [-0.05, 0) is 12.2 Å². The fraction of sp³-hybridized carbons (Fsp3) is 0.500. The monoisotopic (exact) mass is 284 g/mol. The molecule has 3 atom stereocenters. The lowest BCUT2D eigenvalue weighted by molar-refractivity contribution is -0.0451. The number of hydrogen-bond acceptors (Lipinski definition) is 6. The maximum absolute atomic E-state index is 11.2. The van der Waals surface area contributed by atoms with Crippen molar-refractivity contribution < 1.29 is 14.9 Å². The van der Waals surface area contributed by atoms with E-state index in [1.807, 2.05) is 0 Å². The Morgan fingerprint density at radius 2 is 2.37 bits per heavy atom. The molecular weight excluding hydrogens is 272 g/mol. The summed E-state index contributed by atoms with van der Waals surface area (Å²) in [5.41, 5.74) is 0.517. The maximum atomic E-state index is 11.2. The highest BCUT2D eigenvalue weighted by Gasteiger charge is 2.34. The van der Waals surface area contributed by atoms with E-state index in [4.69, 9.17) is 22.1 Å². The van der Waals surface area contributed by atoms with Crippen molar-refractivity contribution in [2.45, 2.75) is 24.9 Å². The third kappa shape index (κ3) is 2.10. The Bertz CT molecular complexity index is 720. The standard InChI is InChI=1S/C10H12N4O4S/c15-3-6-5(16)1-7(18-6)14-2-4-8(13-10(14)19)12-9(17)11-4/h2,5-7,15-16H,1,3H2,(H2,11,12,13,17,19)/t5-,6+,7?/m0/s1. The average Bonchev–Trinajstić information content (AvgIpc) is 2.89. The van der Waals surface area contributed by atoms with Gasteiger partial charge in [0.1, 0.15) is 17.8 Å². The summed E-state index contributed by atoms with van der Waals surface area (Å²) in [5.74, 6) is 0. The van der Waals surface area contributed by atoms with Crippen molar-refractivity contribution in [2.75, 3.05) is 6.61 Å². The largest absolute Gasteiger partial charge is 0.394 e. The number of hydrogen-bond donors (Lipinski definition) is 4. The smallest absolute Gasteiger partial charge is 0.325 e. The van der Waals surface area contributed by atoms with Gasteiger partial charge >= 0.3 is 5.69 Å². The van der Waals surface area contributed by atoms with E-state index in [0.717, 1.165) is 0 Å². The molecule has 2 aromatic rings. The predicted octanol–water partition coefficient (Wildman–Crippen LogP) is -0.577. The molecule has 1 unspecified atom stereocenters. The quantitative estimate of drug-likeness (QED) is 0.548. The van der Waals surface area contributed by atoms with Crippen LogP contribution >= 0.6 is 12.2 Å². The number of ether oxygens (including phenoxy) is 1. The van der Waals surface area contributed by atoms with E-state index in [-0.39, 0.29) is 17.1 Å². The van der Waals surface area contributed by atoms with Crippen molar-refractivity contribution in [1.82, 2.24) is 19.5 Å². The number of imidazole rings is 1. The van der Waals surface area contributed by atoms with Crippen LogP contribution < -0.4 is 5.69 Å². The maximum Gasteiger partial charge on any atom is 0.325 e. The molecule has 4 N–H and O–H groups in total. The molecule has 0 aromatic carbocycles. The van der Waals surface area contributed by atoms with Crippen LogP contribution in [0.25, 0.3) is 11.2 Å². The summed E-state index contributed by atoms with van der Waals surface area (Å²) in [5, 5.41) is 18.8. The number of H-pyrrole nitrogens is 2. The lowest BCUT2D eigenvalue weighted by Crippen LogP contribution is -2.24. The highest BCUT2D eigenvalue weighted by Crippen LogP contribution is 2.28. The Balaban J connectivity index is 2.03. The summed E-state index contributed by atoms with van der Waals surface area (Å²) in [6.07, 6.45) is 0.0295. The number of nitrogens with one attached hydrogen (secondary N) is 2. The van der Waals surface area contributed by atoms with Crippen LogP contribution in [0.5, 0.6) is 0 Å². The summed E-state index contributed by atoms with van der Waals surface area (Å²) >= 11 is 5.13. The van der Waals surface area contributed by atoms with E-state index in [1.54, 1.807) is 10.8 Å². The molecule has 0 bridgehead atoms. The molecule has 3 heterocycles. The fourth-order valence-corrected chi connectivity index (χ4v) is 2.44. The van der Waals surface area contributed by atoms with E-state index in [1.165, 1.54) is 0 Å². The molecule has 2 aromatic heterocycles. The number of aliphatic hydroxyl groups is 2. The van der Waals surface area contributed by atoms with E-state index in [0.29, 0.717) is 17.6 Å². The minimum Gasteiger partial charge on any atom is -0.394 e. The molecule has 1 aliphatic rings. The summed E-state index contributed by atoms with van der Waals surface area (Å²) in [7, 11) is 0. The molecular formula is C10H12N4O4S. The van der Waals surface area contributed by atoms with Crippen LogP contribution in [0.15, 0.2) is 11.0 Å². The lowest BCUT2D eigenvalue weighted by Gasteiger charge is -2.15. The molecule has 0 spiro atoms. The van der Waals surface area contributed by atoms with Gasteiger partial charge in [0, 0.05) is 12.6 Å². The van der Waals surface area contributed by atoms with Gasteiger partial charge < -0.3 is 19.9 Å². The third-order valence-corrected chi connectivity index (χ3v) is 3.43. The van der Waals surface area contributed by atoms with Crippen LogP contribution in [0, 0.1) is 4.77 Å². The Morgan fingerprint density at radius 1 is 1.58 bits per heavy atom. The Kier molecular flexibility index (Phi) is 2.97. The zero-order valence-corrected chi connectivity index (χ0v) is 10.6. The zero-order valence-electron chi connectivity index (χ0n) is 9.74. The molecule has 0 saturated carbocycles. The highest BCUT2D eigenvalue weighted by atomic mass is 32.1. The molecule has 102 valence electrons. The Morgan fingerprint density at radius 3 is 3.05 bits per heavy atom. The first kappa shape index (κ1) is 12.5. The van der Waals surface area contributed by atoms with Crippen LogP contribution in [0.1, 0.15) is 12.6 Å². The third-order valence-electron chi connectivity index (χ3n) is 3.13. The second-order valence-corrected chi connectivity index (χ2v) is 4.75. The van der Waals surface area contributed by atoms with Crippen LogP contribution in [-0.4, -0.2) is 48.5 Å². The van der Waals surface area contributed by atoms with E-state index >= 15 is 0 Å². The number of fused-ring (bicyclic) bond motifs is 1. The highest BCUT2D eigenvalue weighted by molar-refractivity contribution is 7.71. The van der Waals surface area contributed by atoms with Gasteiger partial charge in [-0.2, -0.15) is 0 Å². The van der Waals surface area contributed by atoms with Gasteiger partial charge in [-0.15, -0.1) is 0 Å². The van der Waals surface area contributed by atoms with E-state index in [9.17, 15) is 9.90 Å². The Hall–Kier alpha value is -1.55. The number of aromatic nitrogens is 4. The van der Waals surface area contributed by atoms with Crippen LogP contribution in [0.4, 0.5) is 0 Å². The van der Waals surface area contributed by atoms with Crippen LogP contribution in [-0.2, 0) is 4.74 Å². The molecule has 0 amide bonds. The topological polar surface area (TPSA) is 116 Å². The van der Waals surface area contributed by atoms with Gasteiger partial charge in [0.25, 0.3) is 0 Å². The first-order valence-electron chi connectivity index (χ1n) is 5.74. The van der Waals surface area contributed by atoms with E-state index < -0.39 is 18.4 Å². The molecule has 1 aliphatic heterocycles. The molecule has 3 rings (SSSR count). The second kappa shape index (κ2) is 4.53. The molecule has 9 heteroatoms. The van der Waals surface area contributed by atoms with Crippen molar-refractivity contribution in [3.8, 4) is 0 Å². The van der Waals surface area contributed by atoms with Gasteiger partial charge in [-0.3, -0.25) is 9.55 Å². The number of aliphatic hydroxyl groups excluding tert-OH is 2. The average molecular weight is 284 g/mol.